The van der Waals surface area contributed by atoms with Crippen molar-refractivity contribution in [2.24, 2.45) is 0 Å². The molecule has 12 heavy (non-hydrogen) atoms. The average molecular weight is 169 g/mol. The SMILES string of the molecule is COCCOc1ccc[nH]c1=O. The van der Waals surface area contributed by atoms with Crippen molar-refractivity contribution in [3.8, 4) is 5.75 Å². The Kier molecular flexibility index (Phi) is 3.35. The van der Waals surface area contributed by atoms with Gasteiger partial charge in [0, 0.05) is 13.3 Å². The van der Waals surface area contributed by atoms with Crippen LogP contribution in [0.3, 0.4) is 0 Å². The minimum absolute atomic E-state index is 0.214. The fourth-order valence-corrected chi connectivity index (χ4v) is 0.755. The number of aromatic amines is 1. The zero-order valence-electron chi connectivity index (χ0n) is 6.87. The van der Waals surface area contributed by atoms with Gasteiger partial charge < -0.3 is 14.5 Å². The van der Waals surface area contributed by atoms with Gasteiger partial charge in [-0.2, -0.15) is 0 Å². The summed E-state index contributed by atoms with van der Waals surface area (Å²) in [6, 6.07) is 3.33. The van der Waals surface area contributed by atoms with Crippen molar-refractivity contribution < 1.29 is 9.47 Å². The number of ether oxygens (including phenoxy) is 2. The Balaban J connectivity index is 2.52. The Bertz CT molecular complexity index is 282. The molecule has 0 aliphatic heterocycles. The van der Waals surface area contributed by atoms with Crippen molar-refractivity contribution in [2.75, 3.05) is 20.3 Å². The molecule has 0 aromatic carbocycles. The molecule has 0 amide bonds. The topological polar surface area (TPSA) is 51.3 Å². The van der Waals surface area contributed by atoms with Crippen molar-refractivity contribution in [1.29, 1.82) is 0 Å². The van der Waals surface area contributed by atoms with Gasteiger partial charge in [-0.25, -0.2) is 0 Å². The number of methoxy groups -OCH3 is 1. The maximum Gasteiger partial charge on any atom is 0.290 e. The fourth-order valence-electron chi connectivity index (χ4n) is 0.755. The van der Waals surface area contributed by atoms with Crippen LogP contribution < -0.4 is 10.3 Å². The lowest BCUT2D eigenvalue weighted by atomic mass is 10.4. The summed E-state index contributed by atoms with van der Waals surface area (Å²) in [7, 11) is 1.58. The van der Waals surface area contributed by atoms with Gasteiger partial charge in [0.15, 0.2) is 5.75 Å². The first-order chi connectivity index (χ1) is 5.84. The molecule has 0 saturated heterocycles. The van der Waals surface area contributed by atoms with Crippen LogP contribution in [0.4, 0.5) is 0 Å². The third-order valence-electron chi connectivity index (χ3n) is 1.33. The third kappa shape index (κ3) is 2.39. The summed E-state index contributed by atoms with van der Waals surface area (Å²) in [5, 5.41) is 0. The van der Waals surface area contributed by atoms with E-state index in [1.54, 1.807) is 25.4 Å². The summed E-state index contributed by atoms with van der Waals surface area (Å²) >= 11 is 0. The lowest BCUT2D eigenvalue weighted by molar-refractivity contribution is 0.145. The summed E-state index contributed by atoms with van der Waals surface area (Å²) in [5.41, 5.74) is -0.214. The fraction of sp³-hybridized carbons (Fsp3) is 0.375. The highest BCUT2D eigenvalue weighted by Crippen LogP contribution is 1.98. The Morgan fingerprint density at radius 2 is 2.33 bits per heavy atom. The first-order valence-corrected chi connectivity index (χ1v) is 3.64. The molecule has 0 fully saturated rings. The summed E-state index contributed by atoms with van der Waals surface area (Å²) in [6.45, 7) is 0.873. The smallest absolute Gasteiger partial charge is 0.290 e. The van der Waals surface area contributed by atoms with Gasteiger partial charge in [-0.3, -0.25) is 4.79 Å². The highest BCUT2D eigenvalue weighted by atomic mass is 16.5. The number of H-pyrrole nitrogens is 1. The molecule has 0 aliphatic carbocycles. The second kappa shape index (κ2) is 4.56. The van der Waals surface area contributed by atoms with E-state index in [4.69, 9.17) is 9.47 Å². The maximum absolute atomic E-state index is 11.0. The number of aromatic nitrogens is 1. The molecule has 66 valence electrons. The predicted molar refractivity (Wildman–Crippen MR) is 44.4 cm³/mol. The first kappa shape index (κ1) is 8.80. The molecular weight excluding hydrogens is 158 g/mol. The highest BCUT2D eigenvalue weighted by Gasteiger charge is 1.96. The van der Waals surface area contributed by atoms with E-state index in [1.165, 1.54) is 0 Å². The van der Waals surface area contributed by atoms with Gasteiger partial charge in [0.1, 0.15) is 6.61 Å². The number of hydrogen-bond acceptors (Lipinski definition) is 3. The molecule has 0 unspecified atom stereocenters. The molecule has 1 rings (SSSR count). The van der Waals surface area contributed by atoms with E-state index in [9.17, 15) is 4.79 Å². The monoisotopic (exact) mass is 169 g/mol. The van der Waals surface area contributed by atoms with E-state index in [1.807, 2.05) is 0 Å². The quantitative estimate of drug-likeness (QED) is 0.664. The van der Waals surface area contributed by atoms with Crippen LogP contribution in [0.25, 0.3) is 0 Å². The normalized spacial score (nSPS) is 9.75. The van der Waals surface area contributed by atoms with Crippen LogP contribution in [-0.4, -0.2) is 25.3 Å². The molecule has 4 heteroatoms. The Labute approximate surface area is 70.1 Å². The average Bonchev–Trinajstić information content (AvgIpc) is 2.09. The van der Waals surface area contributed by atoms with E-state index in [0.717, 1.165) is 0 Å². The molecule has 1 heterocycles. The van der Waals surface area contributed by atoms with Crippen LogP contribution in [0.15, 0.2) is 23.1 Å². The van der Waals surface area contributed by atoms with Gasteiger partial charge in [-0.05, 0) is 12.1 Å². The molecule has 0 bridgehead atoms. The molecule has 0 radical (unpaired) electrons. The van der Waals surface area contributed by atoms with E-state index in [0.29, 0.717) is 19.0 Å². The number of nitrogens with one attached hydrogen (secondary N) is 1. The van der Waals surface area contributed by atoms with Gasteiger partial charge in [0.25, 0.3) is 5.56 Å². The molecule has 0 atom stereocenters. The van der Waals surface area contributed by atoms with Gasteiger partial charge in [0.2, 0.25) is 0 Å². The lowest BCUT2D eigenvalue weighted by Crippen LogP contribution is -2.13. The van der Waals surface area contributed by atoms with Gasteiger partial charge in [-0.1, -0.05) is 0 Å². The second-order valence-corrected chi connectivity index (χ2v) is 2.20. The molecule has 0 saturated carbocycles. The summed E-state index contributed by atoms with van der Waals surface area (Å²) in [6.07, 6.45) is 1.56. The van der Waals surface area contributed by atoms with Crippen LogP contribution in [0.1, 0.15) is 0 Å². The maximum atomic E-state index is 11.0. The van der Waals surface area contributed by atoms with Crippen molar-refractivity contribution in [3.05, 3.63) is 28.7 Å². The van der Waals surface area contributed by atoms with E-state index in [-0.39, 0.29) is 5.56 Å². The zero-order chi connectivity index (χ0) is 8.81. The molecule has 1 N–H and O–H groups in total. The third-order valence-corrected chi connectivity index (χ3v) is 1.33. The predicted octanol–water partition coefficient (Wildman–Crippen LogP) is 0.400. The van der Waals surface area contributed by atoms with Gasteiger partial charge in [-0.15, -0.1) is 0 Å². The number of pyridine rings is 1. The van der Waals surface area contributed by atoms with Gasteiger partial charge >= 0.3 is 0 Å². The number of hydrogen-bond donors (Lipinski definition) is 1. The van der Waals surface area contributed by atoms with E-state index >= 15 is 0 Å². The Morgan fingerprint density at radius 1 is 1.50 bits per heavy atom. The lowest BCUT2D eigenvalue weighted by Gasteiger charge is -2.02. The van der Waals surface area contributed by atoms with Crippen LogP contribution in [0, 0.1) is 0 Å². The zero-order valence-corrected chi connectivity index (χ0v) is 6.87. The summed E-state index contributed by atoms with van der Waals surface area (Å²) in [4.78, 5) is 13.5. The van der Waals surface area contributed by atoms with Crippen LogP contribution >= 0.6 is 0 Å². The van der Waals surface area contributed by atoms with Crippen molar-refractivity contribution in [2.45, 2.75) is 0 Å². The summed E-state index contributed by atoms with van der Waals surface area (Å²) < 4.78 is 9.87. The van der Waals surface area contributed by atoms with Crippen LogP contribution in [0.5, 0.6) is 5.75 Å². The largest absolute Gasteiger partial charge is 0.485 e. The molecule has 4 nitrogen and oxygen atoms in total. The van der Waals surface area contributed by atoms with Crippen molar-refractivity contribution >= 4 is 0 Å². The standard InChI is InChI=1S/C8H11NO3/c1-11-5-6-12-7-3-2-4-9-8(7)10/h2-4H,5-6H2,1H3,(H,9,10). The highest BCUT2D eigenvalue weighted by molar-refractivity contribution is 5.15. The van der Waals surface area contributed by atoms with Crippen molar-refractivity contribution in [1.82, 2.24) is 4.98 Å². The summed E-state index contributed by atoms with van der Waals surface area (Å²) in [5.74, 6) is 0.328. The first-order valence-electron chi connectivity index (χ1n) is 3.64. The number of rotatable bonds is 4. The second-order valence-electron chi connectivity index (χ2n) is 2.20. The minimum atomic E-state index is -0.214. The Morgan fingerprint density at radius 3 is 3.00 bits per heavy atom. The van der Waals surface area contributed by atoms with Crippen LogP contribution in [-0.2, 0) is 4.74 Å². The van der Waals surface area contributed by atoms with E-state index < -0.39 is 0 Å². The minimum Gasteiger partial charge on any atom is -0.485 e. The van der Waals surface area contributed by atoms with Gasteiger partial charge in [0.05, 0.1) is 6.61 Å². The van der Waals surface area contributed by atoms with Crippen molar-refractivity contribution in [3.63, 3.8) is 0 Å². The molecular formula is C8H11NO3. The molecule has 1 aromatic rings. The molecule has 1 aromatic heterocycles. The molecule has 0 spiro atoms. The van der Waals surface area contributed by atoms with E-state index in [2.05, 4.69) is 4.98 Å². The Hall–Kier alpha value is -1.29. The van der Waals surface area contributed by atoms with Crippen LogP contribution in [0.2, 0.25) is 0 Å². The molecule has 0 aliphatic rings.